The number of hydrogen-bond donors (Lipinski definition) is 0. The van der Waals surface area contributed by atoms with Crippen molar-refractivity contribution < 1.29 is 14.0 Å². The quantitative estimate of drug-likeness (QED) is 0.351. The molecule has 6 heteroatoms. The zero-order chi connectivity index (χ0) is 30.0. The molecule has 0 spiro atoms. The number of ketones is 2. The molecule has 1 aromatic rings. The van der Waals surface area contributed by atoms with Crippen LogP contribution in [0.4, 0.5) is 0 Å². The van der Waals surface area contributed by atoms with Gasteiger partial charge in [0.2, 0.25) is 11.8 Å². The molecule has 0 radical (unpaired) electrons. The van der Waals surface area contributed by atoms with E-state index < -0.39 is 5.41 Å². The van der Waals surface area contributed by atoms with E-state index in [9.17, 15) is 14.9 Å². The minimum atomic E-state index is -0.460. The molecule has 0 bridgehead atoms. The maximum atomic E-state index is 13.5. The molecule has 7 atom stereocenters. The normalized spacial score (nSPS) is 40.2. The van der Waals surface area contributed by atoms with Crippen molar-refractivity contribution >= 4 is 11.6 Å². The van der Waals surface area contributed by atoms with Gasteiger partial charge in [0.25, 0.3) is 0 Å². The number of Topliss-reactive ketones (excluding diaryl/α,β-unsaturated/α-hetero) is 1. The first-order valence-corrected chi connectivity index (χ1v) is 15.8. The minimum Gasteiger partial charge on any atom is -0.426 e. The lowest BCUT2D eigenvalue weighted by Gasteiger charge is -2.62. The fraction of sp³-hybridized carbons (Fsp3) is 0.743. The van der Waals surface area contributed by atoms with Crippen LogP contribution in [0.3, 0.4) is 0 Å². The van der Waals surface area contributed by atoms with Crippen LogP contribution in [0.2, 0.25) is 0 Å². The molecule has 1 heterocycles. The van der Waals surface area contributed by atoms with Crippen molar-refractivity contribution in [2.24, 2.45) is 44.8 Å². The van der Waals surface area contributed by atoms with E-state index in [0.717, 1.165) is 50.0 Å². The van der Waals surface area contributed by atoms with E-state index in [0.29, 0.717) is 23.6 Å². The molecule has 5 rings (SSSR count). The second kappa shape index (κ2) is 10.0. The molecule has 2 saturated carbocycles. The number of nitriles is 1. The third-order valence-electron chi connectivity index (χ3n) is 12.7. The number of aromatic nitrogens is 2. The summed E-state index contributed by atoms with van der Waals surface area (Å²) in [5.41, 5.74) is 1.07. The summed E-state index contributed by atoms with van der Waals surface area (Å²) in [5, 5.41) is 18.2. The summed E-state index contributed by atoms with van der Waals surface area (Å²) in [6, 6.07) is 2.18. The molecule has 41 heavy (non-hydrogen) atoms. The highest BCUT2D eigenvalue weighted by atomic mass is 16.4. The lowest BCUT2D eigenvalue weighted by molar-refractivity contribution is -0.126. The van der Waals surface area contributed by atoms with Crippen molar-refractivity contribution in [1.29, 1.82) is 5.26 Å². The number of aryl methyl sites for hydroxylation is 2. The molecule has 4 aliphatic rings. The van der Waals surface area contributed by atoms with Crippen molar-refractivity contribution in [2.75, 3.05) is 0 Å². The maximum absolute atomic E-state index is 13.5. The second-order valence-corrected chi connectivity index (χ2v) is 15.7. The molecule has 1 unspecified atom stereocenters. The van der Waals surface area contributed by atoms with Gasteiger partial charge in [-0.25, -0.2) is 0 Å². The molecule has 4 aliphatic carbocycles. The zero-order valence-electron chi connectivity index (χ0n) is 26.5. The van der Waals surface area contributed by atoms with Gasteiger partial charge in [-0.2, -0.15) is 5.26 Å². The number of carbonyl (C=O) groups is 2. The SMILES string of the molecule is Cc1nnc(CC[C@]2(CC[C@]3(C)CC(=O)C=C4[C@@]5(C)C=C(C#N)C(=O)[C@@H](C)[C@@H]5CC[C@]43C)CCC(C)(C)CC2C)o1. The van der Waals surface area contributed by atoms with E-state index in [1.165, 1.54) is 19.3 Å². The molecular formula is C35H49N3O3. The minimum absolute atomic E-state index is 0.0448. The standard InChI is InChI=1S/C35H49N3O3/c1-22-18-31(4,5)13-15-35(22,12-10-29-38-37-24(3)41-29)16-14-32(6)20-26(39)17-28-33(7)19-25(21-36)30(40)23(2)27(33)9-11-34(28,32)8/h17,19,22-23,27H,9-16,18,20H2,1-8H3/t22?,23-,27-,32+,33-,34+,35+/m0/s1. The first kappa shape index (κ1) is 29.9. The van der Waals surface area contributed by atoms with E-state index in [1.807, 2.05) is 26.0 Å². The smallest absolute Gasteiger partial charge is 0.216 e. The second-order valence-electron chi connectivity index (χ2n) is 15.7. The summed E-state index contributed by atoms with van der Waals surface area (Å²) in [7, 11) is 0. The van der Waals surface area contributed by atoms with Gasteiger partial charge < -0.3 is 4.42 Å². The highest BCUT2D eigenvalue weighted by Gasteiger charge is 2.61. The van der Waals surface area contributed by atoms with Crippen LogP contribution in [0.25, 0.3) is 0 Å². The van der Waals surface area contributed by atoms with Crippen LogP contribution in [-0.4, -0.2) is 21.8 Å². The fourth-order valence-corrected chi connectivity index (χ4v) is 9.78. The number of allylic oxidation sites excluding steroid dienone is 4. The average Bonchev–Trinajstić information content (AvgIpc) is 3.32. The Hall–Kier alpha value is -2.55. The van der Waals surface area contributed by atoms with Gasteiger partial charge in [0, 0.05) is 31.1 Å². The van der Waals surface area contributed by atoms with Crippen molar-refractivity contribution in [3.63, 3.8) is 0 Å². The molecule has 2 fully saturated rings. The molecule has 0 N–H and O–H groups in total. The van der Waals surface area contributed by atoms with Gasteiger partial charge >= 0.3 is 0 Å². The largest absolute Gasteiger partial charge is 0.426 e. The van der Waals surface area contributed by atoms with Crippen LogP contribution in [0, 0.1) is 63.1 Å². The van der Waals surface area contributed by atoms with Gasteiger partial charge in [-0.15, -0.1) is 10.2 Å². The van der Waals surface area contributed by atoms with Crippen LogP contribution in [0.5, 0.6) is 0 Å². The Morgan fingerprint density at radius 3 is 2.39 bits per heavy atom. The predicted molar refractivity (Wildman–Crippen MR) is 158 cm³/mol. The van der Waals surface area contributed by atoms with E-state index in [4.69, 9.17) is 4.42 Å². The number of rotatable bonds is 6. The summed E-state index contributed by atoms with van der Waals surface area (Å²) in [5.74, 6) is 1.94. The highest BCUT2D eigenvalue weighted by Crippen LogP contribution is 2.68. The summed E-state index contributed by atoms with van der Waals surface area (Å²) < 4.78 is 5.78. The fourth-order valence-electron chi connectivity index (χ4n) is 9.78. The first-order valence-electron chi connectivity index (χ1n) is 15.8. The zero-order valence-corrected chi connectivity index (χ0v) is 26.5. The molecule has 0 aliphatic heterocycles. The van der Waals surface area contributed by atoms with E-state index >= 15 is 0 Å². The summed E-state index contributed by atoms with van der Waals surface area (Å²) in [4.78, 5) is 26.5. The number of fused-ring (bicyclic) bond motifs is 3. The van der Waals surface area contributed by atoms with Crippen molar-refractivity contribution in [3.8, 4) is 6.07 Å². The average molecular weight is 560 g/mol. The predicted octanol–water partition coefficient (Wildman–Crippen LogP) is 7.92. The Morgan fingerprint density at radius 2 is 1.76 bits per heavy atom. The Balaban J connectivity index is 1.47. The summed E-state index contributed by atoms with van der Waals surface area (Å²) in [6.45, 7) is 17.9. The van der Waals surface area contributed by atoms with Gasteiger partial charge in [0.15, 0.2) is 11.6 Å². The molecular weight excluding hydrogens is 510 g/mol. The lowest BCUT2D eigenvalue weighted by Crippen LogP contribution is -2.55. The van der Waals surface area contributed by atoms with Crippen molar-refractivity contribution in [3.05, 3.63) is 35.1 Å². The molecule has 0 saturated heterocycles. The van der Waals surface area contributed by atoms with Crippen LogP contribution < -0.4 is 0 Å². The number of carbonyl (C=O) groups excluding carboxylic acids is 2. The van der Waals surface area contributed by atoms with Gasteiger partial charge in [0.05, 0.1) is 5.57 Å². The van der Waals surface area contributed by atoms with E-state index in [1.54, 1.807) is 0 Å². The highest BCUT2D eigenvalue weighted by molar-refractivity contribution is 6.02. The van der Waals surface area contributed by atoms with Crippen LogP contribution in [0.1, 0.15) is 118 Å². The van der Waals surface area contributed by atoms with Crippen LogP contribution in [-0.2, 0) is 16.0 Å². The Morgan fingerprint density at radius 1 is 1.02 bits per heavy atom. The summed E-state index contributed by atoms with van der Waals surface area (Å²) in [6.07, 6.45) is 13.7. The molecule has 1 aromatic heterocycles. The van der Waals surface area contributed by atoms with E-state index in [-0.39, 0.29) is 45.2 Å². The third-order valence-corrected chi connectivity index (χ3v) is 12.7. The Bertz CT molecular complexity index is 1350. The molecule has 0 amide bonds. The molecule has 222 valence electrons. The molecule has 0 aromatic carbocycles. The molecule has 6 nitrogen and oxygen atoms in total. The Kier molecular flexibility index (Phi) is 7.32. The van der Waals surface area contributed by atoms with Gasteiger partial charge in [0.1, 0.15) is 6.07 Å². The van der Waals surface area contributed by atoms with Crippen LogP contribution in [0.15, 0.2) is 27.7 Å². The number of hydrogen-bond acceptors (Lipinski definition) is 6. The van der Waals surface area contributed by atoms with Crippen molar-refractivity contribution in [2.45, 2.75) is 120 Å². The van der Waals surface area contributed by atoms with Crippen LogP contribution >= 0.6 is 0 Å². The monoisotopic (exact) mass is 559 g/mol. The van der Waals surface area contributed by atoms with Gasteiger partial charge in [-0.3, -0.25) is 9.59 Å². The summed E-state index contributed by atoms with van der Waals surface area (Å²) >= 11 is 0. The third kappa shape index (κ3) is 4.86. The van der Waals surface area contributed by atoms with Crippen molar-refractivity contribution in [1.82, 2.24) is 10.2 Å². The lowest BCUT2D eigenvalue weighted by atomic mass is 9.41. The number of nitrogens with zero attached hydrogens (tertiary/aromatic N) is 3. The first-order chi connectivity index (χ1) is 19.1. The topological polar surface area (TPSA) is 96.9 Å². The Labute approximate surface area is 246 Å². The van der Waals surface area contributed by atoms with Gasteiger partial charge in [-0.1, -0.05) is 60.1 Å². The van der Waals surface area contributed by atoms with E-state index in [2.05, 4.69) is 57.8 Å². The van der Waals surface area contributed by atoms with Gasteiger partial charge in [-0.05, 0) is 90.9 Å². The maximum Gasteiger partial charge on any atom is 0.216 e.